The predicted octanol–water partition coefficient (Wildman–Crippen LogP) is 3.00. The van der Waals surface area contributed by atoms with Gasteiger partial charge < -0.3 is 19.9 Å². The molecule has 0 atom stereocenters. The number of rotatable bonds is 7. The summed E-state index contributed by atoms with van der Waals surface area (Å²) in [4.78, 5) is 40.6. The molecule has 0 bridgehead atoms. The van der Waals surface area contributed by atoms with Crippen LogP contribution in [0.25, 0.3) is 0 Å². The van der Waals surface area contributed by atoms with E-state index < -0.39 is 0 Å². The molecule has 3 heterocycles. The van der Waals surface area contributed by atoms with Gasteiger partial charge in [0.2, 0.25) is 5.91 Å². The second-order valence-corrected chi connectivity index (χ2v) is 9.48. The van der Waals surface area contributed by atoms with Crippen molar-refractivity contribution >= 4 is 28.2 Å². The van der Waals surface area contributed by atoms with Gasteiger partial charge >= 0.3 is 0 Å². The fraction of sp³-hybridized carbons (Fsp3) is 0.320. The first-order valence-electron chi connectivity index (χ1n) is 11.3. The highest BCUT2D eigenvalue weighted by Crippen LogP contribution is 2.26. The van der Waals surface area contributed by atoms with Crippen molar-refractivity contribution < 1.29 is 18.7 Å². The maximum absolute atomic E-state index is 13.5. The van der Waals surface area contributed by atoms with Crippen LogP contribution >= 0.6 is 11.3 Å². The van der Waals surface area contributed by atoms with Crippen molar-refractivity contribution in [2.75, 3.05) is 25.5 Å². The highest BCUT2D eigenvalue weighted by Gasteiger charge is 2.25. The molecule has 4 rings (SSSR count). The molecule has 1 aliphatic rings. The molecule has 2 N–H and O–H groups in total. The average molecular weight is 499 g/mol. The van der Waals surface area contributed by atoms with Gasteiger partial charge in [0.15, 0.2) is 0 Å². The minimum absolute atomic E-state index is 0.111. The van der Waals surface area contributed by atoms with Crippen LogP contribution < -0.4 is 20.9 Å². The number of carbonyl (C=O) groups excluding carboxylic acids is 2. The van der Waals surface area contributed by atoms with Crippen LogP contribution in [0, 0.1) is 5.82 Å². The molecule has 8 nitrogen and oxygen atoms in total. The smallest absolute Gasteiger partial charge is 0.257 e. The Morgan fingerprint density at radius 3 is 2.71 bits per heavy atom. The third-order valence-electron chi connectivity index (χ3n) is 5.82. The molecule has 0 saturated heterocycles. The third kappa shape index (κ3) is 5.95. The summed E-state index contributed by atoms with van der Waals surface area (Å²) < 4.78 is 20.5. The van der Waals surface area contributed by atoms with E-state index in [4.69, 9.17) is 4.74 Å². The van der Waals surface area contributed by atoms with Crippen molar-refractivity contribution in [3.63, 3.8) is 0 Å². The van der Waals surface area contributed by atoms with E-state index in [2.05, 4.69) is 15.5 Å². The molecule has 0 spiro atoms. The Labute approximate surface area is 206 Å². The van der Waals surface area contributed by atoms with Gasteiger partial charge in [-0.05, 0) is 29.8 Å². The van der Waals surface area contributed by atoms with Gasteiger partial charge in [-0.1, -0.05) is 12.1 Å². The van der Waals surface area contributed by atoms with Crippen molar-refractivity contribution in [3.8, 4) is 5.75 Å². The van der Waals surface area contributed by atoms with Crippen molar-refractivity contribution in [1.82, 2.24) is 14.8 Å². The molecule has 0 radical (unpaired) electrons. The van der Waals surface area contributed by atoms with E-state index >= 15 is 0 Å². The molecule has 1 aromatic carbocycles. The van der Waals surface area contributed by atoms with Crippen LogP contribution in [0.5, 0.6) is 5.75 Å². The van der Waals surface area contributed by atoms with Gasteiger partial charge in [-0.15, -0.1) is 11.3 Å². The van der Waals surface area contributed by atoms with Crippen LogP contribution in [-0.2, 0) is 30.8 Å². The summed E-state index contributed by atoms with van der Waals surface area (Å²) in [6.07, 6.45) is 0.485. The van der Waals surface area contributed by atoms with E-state index in [0.717, 1.165) is 9.88 Å². The first kappa shape index (κ1) is 24.6. The van der Waals surface area contributed by atoms with Gasteiger partial charge in [0.25, 0.3) is 11.5 Å². The fourth-order valence-corrected chi connectivity index (χ4v) is 5.19. The molecule has 0 saturated carbocycles. The number of amides is 2. The number of ether oxygens (including phenoxy) is 1. The second kappa shape index (κ2) is 10.8. The topological polar surface area (TPSA) is 92.7 Å². The number of pyridine rings is 1. The average Bonchev–Trinajstić information content (AvgIpc) is 3.13. The van der Waals surface area contributed by atoms with E-state index in [0.29, 0.717) is 49.4 Å². The van der Waals surface area contributed by atoms with E-state index in [1.54, 1.807) is 16.7 Å². The largest absolute Gasteiger partial charge is 0.496 e. The van der Waals surface area contributed by atoms with E-state index in [-0.39, 0.29) is 35.5 Å². The molecule has 10 heteroatoms. The first-order chi connectivity index (χ1) is 16.8. The molecule has 0 fully saturated rings. The van der Waals surface area contributed by atoms with Crippen LogP contribution in [-0.4, -0.2) is 41.5 Å². The molecule has 35 heavy (non-hydrogen) atoms. The highest BCUT2D eigenvalue weighted by atomic mass is 32.1. The molecule has 2 amide bonds. The van der Waals surface area contributed by atoms with E-state index in [9.17, 15) is 18.8 Å². The summed E-state index contributed by atoms with van der Waals surface area (Å²) in [5.41, 5.74) is 1.37. The van der Waals surface area contributed by atoms with Gasteiger partial charge in [0, 0.05) is 62.7 Å². The quantitative estimate of drug-likeness (QED) is 0.523. The number of methoxy groups -OCH3 is 1. The first-order valence-corrected chi connectivity index (χ1v) is 12.1. The Hall–Kier alpha value is -3.50. The summed E-state index contributed by atoms with van der Waals surface area (Å²) >= 11 is 1.52. The Bertz CT molecular complexity index is 1300. The number of aromatic nitrogens is 1. The lowest BCUT2D eigenvalue weighted by molar-refractivity contribution is -0.114. The maximum atomic E-state index is 13.5. The third-order valence-corrected chi connectivity index (χ3v) is 6.80. The summed E-state index contributed by atoms with van der Waals surface area (Å²) in [5.74, 6) is -0.629. The molecule has 2 aromatic heterocycles. The van der Waals surface area contributed by atoms with Crippen LogP contribution in [0.3, 0.4) is 0 Å². The van der Waals surface area contributed by atoms with Crippen molar-refractivity contribution in [2.24, 2.45) is 0 Å². The summed E-state index contributed by atoms with van der Waals surface area (Å²) in [6.45, 7) is 4.02. The lowest BCUT2D eigenvalue weighted by atomic mass is 10.1. The summed E-state index contributed by atoms with van der Waals surface area (Å²) in [6, 6.07) is 11.2. The molecule has 0 aliphatic carbocycles. The minimum atomic E-state index is -0.374. The number of nitrogens with zero attached hydrogens (tertiary/aromatic N) is 2. The standard InChI is InChI=1S/C25H27FN4O4S/c1-16(31)28-22-7-6-19(35-22)15-29-9-8-20-24(21(34-2)13-23(32)30(20)11-10-29)25(33)27-14-17-4-3-5-18(26)12-17/h3-7,12-13H,8-11,14-15H2,1-2H3,(H,27,33)(H,28,31). The summed E-state index contributed by atoms with van der Waals surface area (Å²) in [5, 5.41) is 6.42. The van der Waals surface area contributed by atoms with Crippen LogP contribution in [0.15, 0.2) is 47.3 Å². The van der Waals surface area contributed by atoms with Crippen LogP contribution in [0.2, 0.25) is 0 Å². The van der Waals surface area contributed by atoms with Crippen molar-refractivity contribution in [1.29, 1.82) is 0 Å². The fourth-order valence-electron chi connectivity index (χ4n) is 4.20. The zero-order valence-corrected chi connectivity index (χ0v) is 20.4. The van der Waals surface area contributed by atoms with Gasteiger partial charge in [-0.25, -0.2) is 4.39 Å². The van der Waals surface area contributed by atoms with Crippen molar-refractivity contribution in [2.45, 2.75) is 33.0 Å². The zero-order valence-electron chi connectivity index (χ0n) is 19.6. The molecular weight excluding hydrogens is 471 g/mol. The van der Waals surface area contributed by atoms with E-state index in [1.807, 2.05) is 12.1 Å². The lowest BCUT2D eigenvalue weighted by Crippen LogP contribution is -2.31. The molecular formula is C25H27FN4O4S. The number of anilines is 1. The van der Waals surface area contributed by atoms with Gasteiger partial charge in [-0.3, -0.25) is 19.3 Å². The number of fused-ring (bicyclic) bond motifs is 1. The number of hydrogen-bond donors (Lipinski definition) is 2. The molecule has 1 aliphatic heterocycles. The molecule has 3 aromatic rings. The Balaban J connectivity index is 1.52. The molecule has 0 unspecified atom stereocenters. The molecule has 184 valence electrons. The van der Waals surface area contributed by atoms with E-state index in [1.165, 1.54) is 43.6 Å². The summed E-state index contributed by atoms with van der Waals surface area (Å²) in [7, 11) is 1.43. The lowest BCUT2D eigenvalue weighted by Gasteiger charge is -2.18. The predicted molar refractivity (Wildman–Crippen MR) is 132 cm³/mol. The highest BCUT2D eigenvalue weighted by molar-refractivity contribution is 7.16. The Morgan fingerprint density at radius 1 is 1.14 bits per heavy atom. The maximum Gasteiger partial charge on any atom is 0.257 e. The van der Waals surface area contributed by atoms with Crippen LogP contribution in [0.4, 0.5) is 9.39 Å². The number of thiophene rings is 1. The SMILES string of the molecule is COc1cc(=O)n2c(c1C(=O)NCc1cccc(F)c1)CCN(Cc1ccc(NC(C)=O)s1)CC2. The van der Waals surface area contributed by atoms with Crippen molar-refractivity contribution in [3.05, 3.63) is 80.3 Å². The Kier molecular flexibility index (Phi) is 7.62. The van der Waals surface area contributed by atoms with Gasteiger partial charge in [0.05, 0.1) is 12.1 Å². The van der Waals surface area contributed by atoms with Gasteiger partial charge in [-0.2, -0.15) is 0 Å². The van der Waals surface area contributed by atoms with Gasteiger partial charge in [0.1, 0.15) is 17.1 Å². The monoisotopic (exact) mass is 498 g/mol. The Morgan fingerprint density at radius 2 is 1.97 bits per heavy atom. The normalized spacial score (nSPS) is 13.6. The number of benzene rings is 1. The number of carbonyl (C=O) groups is 2. The zero-order chi connectivity index (χ0) is 24.9. The number of nitrogens with one attached hydrogen (secondary N) is 2. The number of hydrogen-bond acceptors (Lipinski definition) is 6. The second-order valence-electron chi connectivity index (χ2n) is 8.31. The van der Waals surface area contributed by atoms with Crippen LogP contribution in [0.1, 0.15) is 33.4 Å². The number of halogens is 1. The minimum Gasteiger partial charge on any atom is -0.496 e.